The molecule has 0 bridgehead atoms. The van der Waals surface area contributed by atoms with E-state index in [1.165, 1.54) is 0 Å². The van der Waals surface area contributed by atoms with Crippen molar-refractivity contribution in [3.8, 4) is 0 Å². The first kappa shape index (κ1) is 15.3. The summed E-state index contributed by atoms with van der Waals surface area (Å²) in [5.41, 5.74) is 1.55. The van der Waals surface area contributed by atoms with E-state index in [4.69, 9.17) is 11.6 Å². The maximum Gasteiger partial charge on any atom is 0.241 e. The lowest BCUT2D eigenvalue weighted by atomic mass is 9.85. The standard InChI is InChI=1S/C14H22ClN3O2/c1-9-14(15)10(2)18(17-9)7-13(20)16-12-6-4-3-5-11(12)8-19/h11-12,19H,3-8H2,1-2H3,(H,16,20). The normalized spacial score (nSPS) is 22.8. The van der Waals surface area contributed by atoms with Crippen molar-refractivity contribution in [1.29, 1.82) is 0 Å². The number of aliphatic hydroxyl groups excluding tert-OH is 1. The van der Waals surface area contributed by atoms with Crippen molar-refractivity contribution in [3.63, 3.8) is 0 Å². The minimum atomic E-state index is -0.0717. The Morgan fingerprint density at radius 2 is 2.15 bits per heavy atom. The fourth-order valence-corrected chi connectivity index (χ4v) is 2.97. The molecule has 0 aliphatic heterocycles. The summed E-state index contributed by atoms with van der Waals surface area (Å²) in [6, 6.07) is 0.0775. The van der Waals surface area contributed by atoms with Gasteiger partial charge in [0.15, 0.2) is 0 Å². The van der Waals surface area contributed by atoms with E-state index in [0.29, 0.717) is 5.02 Å². The molecule has 1 aliphatic carbocycles. The number of nitrogens with zero attached hydrogens (tertiary/aromatic N) is 2. The first-order valence-corrected chi connectivity index (χ1v) is 7.50. The smallest absolute Gasteiger partial charge is 0.241 e. The predicted octanol–water partition coefficient (Wildman–Crippen LogP) is 1.82. The number of hydrogen-bond acceptors (Lipinski definition) is 3. The van der Waals surface area contributed by atoms with Crippen molar-refractivity contribution >= 4 is 17.5 Å². The third-order valence-corrected chi connectivity index (χ3v) is 4.62. The van der Waals surface area contributed by atoms with Crippen molar-refractivity contribution in [2.75, 3.05) is 6.61 Å². The number of nitrogens with one attached hydrogen (secondary N) is 1. The number of halogens is 1. The molecule has 112 valence electrons. The molecule has 1 aliphatic rings. The monoisotopic (exact) mass is 299 g/mol. The van der Waals surface area contributed by atoms with E-state index >= 15 is 0 Å². The number of amides is 1. The lowest BCUT2D eigenvalue weighted by Gasteiger charge is -2.30. The molecule has 20 heavy (non-hydrogen) atoms. The number of aliphatic hydroxyl groups is 1. The Bertz CT molecular complexity index is 487. The van der Waals surface area contributed by atoms with Crippen LogP contribution in [0.4, 0.5) is 0 Å². The first-order valence-electron chi connectivity index (χ1n) is 7.12. The molecule has 1 heterocycles. The van der Waals surface area contributed by atoms with E-state index in [2.05, 4.69) is 10.4 Å². The SMILES string of the molecule is Cc1nn(CC(=O)NC2CCCCC2CO)c(C)c1Cl. The maximum absolute atomic E-state index is 12.1. The second kappa shape index (κ2) is 6.59. The highest BCUT2D eigenvalue weighted by Gasteiger charge is 2.26. The largest absolute Gasteiger partial charge is 0.396 e. The summed E-state index contributed by atoms with van der Waals surface area (Å²) in [5.74, 6) is 0.106. The molecule has 1 aromatic rings. The van der Waals surface area contributed by atoms with Gasteiger partial charge in [-0.15, -0.1) is 0 Å². The van der Waals surface area contributed by atoms with Gasteiger partial charge in [-0.1, -0.05) is 24.4 Å². The molecule has 0 aromatic carbocycles. The highest BCUT2D eigenvalue weighted by atomic mass is 35.5. The molecule has 2 atom stereocenters. The Labute approximate surface area is 124 Å². The molecule has 1 fully saturated rings. The topological polar surface area (TPSA) is 67.2 Å². The van der Waals surface area contributed by atoms with Crippen molar-refractivity contribution < 1.29 is 9.90 Å². The molecule has 5 nitrogen and oxygen atoms in total. The number of aryl methyl sites for hydroxylation is 1. The molecule has 0 spiro atoms. The van der Waals surface area contributed by atoms with Crippen molar-refractivity contribution in [2.45, 2.75) is 52.1 Å². The minimum Gasteiger partial charge on any atom is -0.396 e. The van der Waals surface area contributed by atoms with Crippen LogP contribution in [-0.2, 0) is 11.3 Å². The van der Waals surface area contributed by atoms with Gasteiger partial charge in [-0.3, -0.25) is 9.48 Å². The summed E-state index contributed by atoms with van der Waals surface area (Å²) < 4.78 is 1.63. The van der Waals surface area contributed by atoms with Crippen LogP contribution in [0.1, 0.15) is 37.1 Å². The Kier molecular flexibility index (Phi) is 5.05. The Morgan fingerprint density at radius 3 is 2.75 bits per heavy atom. The van der Waals surface area contributed by atoms with Crippen LogP contribution in [0.15, 0.2) is 0 Å². The Morgan fingerprint density at radius 1 is 1.45 bits per heavy atom. The average molecular weight is 300 g/mol. The zero-order valence-electron chi connectivity index (χ0n) is 12.0. The molecule has 2 unspecified atom stereocenters. The molecular weight excluding hydrogens is 278 g/mol. The molecule has 2 N–H and O–H groups in total. The lowest BCUT2D eigenvalue weighted by Crippen LogP contribution is -2.44. The van der Waals surface area contributed by atoms with Gasteiger partial charge in [-0.25, -0.2) is 0 Å². The first-order chi connectivity index (χ1) is 9.52. The van der Waals surface area contributed by atoms with Crippen LogP contribution in [-0.4, -0.2) is 33.4 Å². The van der Waals surface area contributed by atoms with Crippen molar-refractivity contribution in [2.24, 2.45) is 5.92 Å². The second-order valence-electron chi connectivity index (χ2n) is 5.54. The molecular formula is C14H22ClN3O2. The van der Waals surface area contributed by atoms with E-state index in [-0.39, 0.29) is 31.0 Å². The fourth-order valence-electron chi connectivity index (χ4n) is 2.83. The molecule has 0 saturated heterocycles. The average Bonchev–Trinajstić information content (AvgIpc) is 2.67. The van der Waals surface area contributed by atoms with Gasteiger partial charge in [0.25, 0.3) is 0 Å². The van der Waals surface area contributed by atoms with Gasteiger partial charge in [0.1, 0.15) is 6.54 Å². The van der Waals surface area contributed by atoms with Gasteiger partial charge >= 0.3 is 0 Å². The highest BCUT2D eigenvalue weighted by Crippen LogP contribution is 2.24. The van der Waals surface area contributed by atoms with Crippen LogP contribution < -0.4 is 5.32 Å². The molecule has 1 aromatic heterocycles. The van der Waals surface area contributed by atoms with Crippen LogP contribution in [0, 0.1) is 19.8 Å². The van der Waals surface area contributed by atoms with E-state index in [1.807, 2.05) is 13.8 Å². The third-order valence-electron chi connectivity index (χ3n) is 4.08. The summed E-state index contributed by atoms with van der Waals surface area (Å²) in [5, 5.41) is 17.3. The number of hydrogen-bond donors (Lipinski definition) is 2. The van der Waals surface area contributed by atoms with E-state index < -0.39 is 0 Å². The molecule has 6 heteroatoms. The van der Waals surface area contributed by atoms with E-state index in [0.717, 1.165) is 37.1 Å². The zero-order chi connectivity index (χ0) is 14.7. The van der Waals surface area contributed by atoms with Gasteiger partial charge < -0.3 is 10.4 Å². The summed E-state index contributed by atoms with van der Waals surface area (Å²) >= 11 is 6.07. The molecule has 0 radical (unpaired) electrons. The number of rotatable bonds is 4. The number of carbonyl (C=O) groups is 1. The van der Waals surface area contributed by atoms with Crippen LogP contribution in [0.2, 0.25) is 5.02 Å². The third kappa shape index (κ3) is 3.33. The number of aromatic nitrogens is 2. The van der Waals surface area contributed by atoms with Gasteiger partial charge in [0, 0.05) is 18.6 Å². The highest BCUT2D eigenvalue weighted by molar-refractivity contribution is 6.31. The summed E-state index contributed by atoms with van der Waals surface area (Å²) in [7, 11) is 0. The second-order valence-corrected chi connectivity index (χ2v) is 5.92. The summed E-state index contributed by atoms with van der Waals surface area (Å²) in [6.07, 6.45) is 4.15. The van der Waals surface area contributed by atoms with E-state index in [9.17, 15) is 9.90 Å². The van der Waals surface area contributed by atoms with Crippen molar-refractivity contribution in [3.05, 3.63) is 16.4 Å². The Hall–Kier alpha value is -1.07. The van der Waals surface area contributed by atoms with Gasteiger partial charge in [0.2, 0.25) is 5.91 Å². The molecule has 2 rings (SSSR count). The van der Waals surface area contributed by atoms with Gasteiger partial charge in [-0.2, -0.15) is 5.10 Å². The van der Waals surface area contributed by atoms with Crippen molar-refractivity contribution in [1.82, 2.24) is 15.1 Å². The zero-order valence-corrected chi connectivity index (χ0v) is 12.8. The molecule has 1 saturated carbocycles. The summed E-state index contributed by atoms with van der Waals surface area (Å²) in [6.45, 7) is 3.99. The minimum absolute atomic E-state index is 0.0717. The van der Waals surface area contributed by atoms with Gasteiger partial charge in [-0.05, 0) is 26.7 Å². The van der Waals surface area contributed by atoms with Crippen LogP contribution >= 0.6 is 11.6 Å². The quantitative estimate of drug-likeness (QED) is 0.891. The maximum atomic E-state index is 12.1. The van der Waals surface area contributed by atoms with E-state index in [1.54, 1.807) is 4.68 Å². The Balaban J connectivity index is 1.96. The van der Waals surface area contributed by atoms with Crippen LogP contribution in [0.5, 0.6) is 0 Å². The lowest BCUT2D eigenvalue weighted by molar-refractivity contribution is -0.123. The number of carbonyl (C=O) groups excluding carboxylic acids is 1. The fraction of sp³-hybridized carbons (Fsp3) is 0.714. The molecule has 1 amide bonds. The van der Waals surface area contributed by atoms with Gasteiger partial charge in [0.05, 0.1) is 16.4 Å². The van der Waals surface area contributed by atoms with Crippen LogP contribution in [0.3, 0.4) is 0 Å². The summed E-state index contributed by atoms with van der Waals surface area (Å²) in [4.78, 5) is 12.1. The van der Waals surface area contributed by atoms with Crippen LogP contribution in [0.25, 0.3) is 0 Å². The predicted molar refractivity (Wildman–Crippen MR) is 77.7 cm³/mol.